The van der Waals surface area contributed by atoms with E-state index in [-0.39, 0.29) is 28.8 Å². The molecule has 5 heteroatoms. The maximum Gasteiger partial charge on any atom is 0.190 e. The van der Waals surface area contributed by atoms with Crippen LogP contribution >= 0.6 is 0 Å². The molecule has 0 aromatic heterocycles. The second kappa shape index (κ2) is 4.86. The van der Waals surface area contributed by atoms with Gasteiger partial charge in [-0.1, -0.05) is 19.4 Å². The minimum absolute atomic E-state index is 0.0340. The number of carbonyl (C=O) groups is 2. The summed E-state index contributed by atoms with van der Waals surface area (Å²) in [5.41, 5.74) is -1.06. The van der Waals surface area contributed by atoms with Crippen LogP contribution in [-0.2, 0) is 14.3 Å². The van der Waals surface area contributed by atoms with Crippen LogP contribution in [0.2, 0.25) is 0 Å². The number of aliphatic hydroxyl groups is 2. The highest BCUT2D eigenvalue weighted by atomic mass is 16.6. The Kier molecular flexibility index (Phi) is 3.20. The monoisotopic (exact) mass is 360 g/mol. The van der Waals surface area contributed by atoms with Crippen LogP contribution in [0.4, 0.5) is 0 Å². The van der Waals surface area contributed by atoms with Gasteiger partial charge in [0.25, 0.3) is 0 Å². The Bertz CT molecular complexity index is 743. The first-order valence-corrected chi connectivity index (χ1v) is 10.0. The van der Waals surface area contributed by atoms with Crippen molar-refractivity contribution in [3.8, 4) is 0 Å². The quantitative estimate of drug-likeness (QED) is 0.735. The van der Waals surface area contributed by atoms with Gasteiger partial charge in [0.05, 0.1) is 6.10 Å². The van der Waals surface area contributed by atoms with Crippen molar-refractivity contribution in [1.29, 1.82) is 0 Å². The molecule has 0 aromatic carbocycles. The summed E-state index contributed by atoms with van der Waals surface area (Å²) < 4.78 is 6.45. The van der Waals surface area contributed by atoms with Crippen LogP contribution in [0.25, 0.3) is 0 Å². The van der Waals surface area contributed by atoms with Gasteiger partial charge in [-0.3, -0.25) is 9.59 Å². The molecule has 2 N–H and O–H groups in total. The van der Waals surface area contributed by atoms with Crippen molar-refractivity contribution in [2.75, 3.05) is 6.61 Å². The van der Waals surface area contributed by atoms with E-state index in [2.05, 4.69) is 6.92 Å². The smallest absolute Gasteiger partial charge is 0.190 e. The third-order valence-electron chi connectivity index (χ3n) is 9.09. The van der Waals surface area contributed by atoms with E-state index in [4.69, 9.17) is 4.74 Å². The first-order chi connectivity index (χ1) is 12.2. The number of Topliss-reactive ketones (excluding diaryl/α,β-unsaturated/α-hetero) is 1. The summed E-state index contributed by atoms with van der Waals surface area (Å²) in [6, 6.07) is 0. The summed E-state index contributed by atoms with van der Waals surface area (Å²) in [6.45, 7) is 3.69. The Hall–Kier alpha value is -1.04. The second-order valence-electron chi connectivity index (χ2n) is 9.72. The summed E-state index contributed by atoms with van der Waals surface area (Å²) in [5, 5.41) is 20.7. The molecule has 3 saturated carbocycles. The number of ketones is 2. The minimum atomic E-state index is -1.44. The van der Waals surface area contributed by atoms with Gasteiger partial charge in [-0.15, -0.1) is 0 Å². The van der Waals surface area contributed by atoms with Crippen LogP contribution in [0.3, 0.4) is 0 Å². The summed E-state index contributed by atoms with van der Waals surface area (Å²) in [5.74, 6) is 0.315. The molecule has 1 aliphatic heterocycles. The van der Waals surface area contributed by atoms with Crippen LogP contribution in [0, 0.1) is 22.7 Å². The molecule has 5 nitrogen and oxygen atoms in total. The maximum absolute atomic E-state index is 12.4. The Morgan fingerprint density at radius 1 is 1.23 bits per heavy atom. The summed E-state index contributed by atoms with van der Waals surface area (Å²) in [6.07, 6.45) is 7.08. The molecule has 4 aliphatic carbocycles. The van der Waals surface area contributed by atoms with Crippen molar-refractivity contribution in [3.05, 3.63) is 11.6 Å². The van der Waals surface area contributed by atoms with E-state index in [1.807, 2.05) is 13.0 Å². The molecule has 0 unspecified atom stereocenters. The summed E-state index contributed by atoms with van der Waals surface area (Å²) in [4.78, 5) is 24.4. The van der Waals surface area contributed by atoms with Gasteiger partial charge in [-0.05, 0) is 56.4 Å². The molecule has 4 fully saturated rings. The van der Waals surface area contributed by atoms with Gasteiger partial charge < -0.3 is 14.9 Å². The molecule has 26 heavy (non-hydrogen) atoms. The van der Waals surface area contributed by atoms with Gasteiger partial charge in [0, 0.05) is 17.3 Å². The van der Waals surface area contributed by atoms with E-state index < -0.39 is 23.4 Å². The Morgan fingerprint density at radius 2 is 2.00 bits per heavy atom. The maximum atomic E-state index is 12.4. The zero-order valence-electron chi connectivity index (χ0n) is 15.6. The average Bonchev–Trinajstić information content (AvgIpc) is 3.27. The predicted molar refractivity (Wildman–Crippen MR) is 93.2 cm³/mol. The van der Waals surface area contributed by atoms with Crippen LogP contribution in [0.15, 0.2) is 11.6 Å². The molecular weight excluding hydrogens is 332 g/mol. The number of epoxide rings is 1. The highest BCUT2D eigenvalue weighted by Gasteiger charge is 2.81. The first kappa shape index (κ1) is 17.1. The van der Waals surface area contributed by atoms with Gasteiger partial charge in [0.2, 0.25) is 0 Å². The van der Waals surface area contributed by atoms with Gasteiger partial charge in [0.1, 0.15) is 17.8 Å². The first-order valence-electron chi connectivity index (χ1n) is 10.0. The van der Waals surface area contributed by atoms with Gasteiger partial charge in [-0.25, -0.2) is 0 Å². The molecule has 1 spiro atoms. The SMILES string of the molecule is C[C@]12CCC(=O)C=C1CC[C@@H]1[C@H]3CC[C@](O)(C(=O)CO)[C@@]3(C)C[C@@H]3O[C@@]312. The Balaban J connectivity index is 1.57. The highest BCUT2D eigenvalue weighted by molar-refractivity contribution is 5.92. The van der Waals surface area contributed by atoms with Crippen molar-refractivity contribution < 1.29 is 24.5 Å². The van der Waals surface area contributed by atoms with Crippen LogP contribution < -0.4 is 0 Å². The molecular formula is C21H28O5. The molecule has 0 aromatic rings. The lowest BCUT2D eigenvalue weighted by molar-refractivity contribution is -0.160. The van der Waals surface area contributed by atoms with Crippen molar-refractivity contribution in [1.82, 2.24) is 0 Å². The number of fused-ring (bicyclic) bond motifs is 3. The van der Waals surface area contributed by atoms with Gasteiger partial charge in [0.15, 0.2) is 11.6 Å². The van der Waals surface area contributed by atoms with Crippen molar-refractivity contribution in [3.63, 3.8) is 0 Å². The van der Waals surface area contributed by atoms with Gasteiger partial charge in [-0.2, -0.15) is 0 Å². The standard InChI is InChI=1S/C21H28O5/c1-18-7-5-13(23)9-12(18)3-4-15-14-6-8-20(25,16(24)11-22)19(14,2)10-17-21(15,18)26-17/h9,14-15,17,22,25H,3-8,10-11H2,1-2H3/t14-,15-,17+,18+,19+,20+,21-/m1/s1. The zero-order valence-corrected chi connectivity index (χ0v) is 15.6. The number of ether oxygens (including phenoxy) is 1. The second-order valence-corrected chi connectivity index (χ2v) is 9.72. The normalized spacial score (nSPS) is 54.5. The lowest BCUT2D eigenvalue weighted by Crippen LogP contribution is -2.61. The molecule has 0 bridgehead atoms. The van der Waals surface area contributed by atoms with Crippen LogP contribution in [-0.4, -0.2) is 45.7 Å². The number of hydrogen-bond acceptors (Lipinski definition) is 5. The highest BCUT2D eigenvalue weighted by Crippen LogP contribution is 2.76. The topological polar surface area (TPSA) is 87.1 Å². The number of carbonyl (C=O) groups excluding carboxylic acids is 2. The fourth-order valence-corrected chi connectivity index (χ4v) is 7.61. The average molecular weight is 360 g/mol. The van der Waals surface area contributed by atoms with Crippen molar-refractivity contribution in [2.24, 2.45) is 22.7 Å². The number of hydrogen-bond donors (Lipinski definition) is 2. The van der Waals surface area contributed by atoms with Gasteiger partial charge >= 0.3 is 0 Å². The third kappa shape index (κ3) is 1.65. The molecule has 1 saturated heterocycles. The largest absolute Gasteiger partial charge is 0.388 e. The lowest BCUT2D eigenvalue weighted by atomic mass is 9.46. The summed E-state index contributed by atoms with van der Waals surface area (Å²) in [7, 11) is 0. The van der Waals surface area contributed by atoms with E-state index >= 15 is 0 Å². The molecule has 5 rings (SSSR count). The van der Waals surface area contributed by atoms with E-state index in [1.165, 1.54) is 5.57 Å². The zero-order chi connectivity index (χ0) is 18.5. The summed E-state index contributed by atoms with van der Waals surface area (Å²) >= 11 is 0. The van der Waals surface area contributed by atoms with E-state index in [0.29, 0.717) is 25.2 Å². The predicted octanol–water partition coefficient (Wildman–Crippen LogP) is 1.94. The number of aliphatic hydroxyl groups excluding tert-OH is 1. The van der Waals surface area contributed by atoms with Crippen molar-refractivity contribution >= 4 is 11.6 Å². The molecule has 0 radical (unpaired) electrons. The minimum Gasteiger partial charge on any atom is -0.388 e. The third-order valence-corrected chi connectivity index (χ3v) is 9.09. The number of rotatable bonds is 2. The lowest BCUT2D eigenvalue weighted by Gasteiger charge is -2.56. The van der Waals surface area contributed by atoms with Crippen molar-refractivity contribution in [2.45, 2.75) is 76.1 Å². The molecule has 1 heterocycles. The Labute approximate surface area is 153 Å². The van der Waals surface area contributed by atoms with E-state index in [9.17, 15) is 19.8 Å². The van der Waals surface area contributed by atoms with Crippen LogP contribution in [0.1, 0.15) is 58.8 Å². The fourth-order valence-electron chi connectivity index (χ4n) is 7.61. The fraction of sp³-hybridized carbons (Fsp3) is 0.810. The molecule has 0 amide bonds. The molecule has 142 valence electrons. The van der Waals surface area contributed by atoms with Crippen LogP contribution in [0.5, 0.6) is 0 Å². The molecule has 5 aliphatic rings. The van der Waals surface area contributed by atoms with E-state index in [1.54, 1.807) is 0 Å². The molecule has 7 atom stereocenters. The van der Waals surface area contributed by atoms with E-state index in [0.717, 1.165) is 25.7 Å². The Morgan fingerprint density at radius 3 is 2.73 bits per heavy atom.